The Balaban J connectivity index is 1.55. The van der Waals surface area contributed by atoms with Crippen LogP contribution in [-0.2, 0) is 9.53 Å². The molecule has 3 heterocycles. The van der Waals surface area contributed by atoms with E-state index < -0.39 is 23.6 Å². The number of carbonyl (C=O) groups is 2. The zero-order valence-corrected chi connectivity index (χ0v) is 21.6. The molecule has 2 fully saturated rings. The minimum atomic E-state index is -0.693. The van der Waals surface area contributed by atoms with Crippen molar-refractivity contribution in [3.8, 4) is 5.75 Å². The first-order chi connectivity index (χ1) is 18.4. The second-order valence-corrected chi connectivity index (χ2v) is 10.1. The highest BCUT2D eigenvalue weighted by atomic mass is 19.1. The van der Waals surface area contributed by atoms with E-state index in [1.54, 1.807) is 18.2 Å². The largest absolute Gasteiger partial charge is 0.441 e. The number of rotatable bonds is 6. The summed E-state index contributed by atoms with van der Waals surface area (Å²) in [7, 11) is 0. The fourth-order valence-corrected chi connectivity index (χ4v) is 5.35. The van der Waals surface area contributed by atoms with Crippen molar-refractivity contribution in [2.45, 2.75) is 44.6 Å². The molecule has 7 nitrogen and oxygen atoms in total. The normalized spacial score (nSPS) is 20.5. The summed E-state index contributed by atoms with van der Waals surface area (Å²) >= 11 is 0. The van der Waals surface area contributed by atoms with Gasteiger partial charge in [0.1, 0.15) is 23.7 Å². The van der Waals surface area contributed by atoms with Crippen LogP contribution in [0.25, 0.3) is 0 Å². The lowest BCUT2D eigenvalue weighted by molar-refractivity contribution is -0.108. The number of morpholine rings is 1. The molecule has 2 aromatic carbocycles. The number of benzene rings is 2. The third kappa shape index (κ3) is 5.67. The number of likely N-dealkylation sites (tertiary alicyclic amines) is 1. The van der Waals surface area contributed by atoms with Crippen LogP contribution in [0.1, 0.15) is 66.1 Å². The van der Waals surface area contributed by atoms with Gasteiger partial charge in [-0.1, -0.05) is 12.8 Å². The van der Waals surface area contributed by atoms with E-state index in [2.05, 4.69) is 5.32 Å². The Morgan fingerprint density at radius 2 is 1.68 bits per heavy atom. The maximum atomic E-state index is 13.9. The van der Waals surface area contributed by atoms with Gasteiger partial charge in [-0.25, -0.2) is 8.78 Å². The third-order valence-corrected chi connectivity index (χ3v) is 7.36. The fourth-order valence-electron chi connectivity index (χ4n) is 5.35. The molecule has 0 saturated carbocycles. The smallest absolute Gasteiger partial charge is 0.253 e. The number of nitrogens with zero attached hydrogens (tertiary/aromatic N) is 2. The molecule has 0 aromatic heterocycles. The van der Waals surface area contributed by atoms with Crippen molar-refractivity contribution in [3.05, 3.63) is 70.6 Å². The van der Waals surface area contributed by atoms with Crippen LogP contribution in [0.2, 0.25) is 0 Å². The third-order valence-electron chi connectivity index (χ3n) is 7.36. The van der Waals surface area contributed by atoms with E-state index in [4.69, 9.17) is 9.47 Å². The van der Waals surface area contributed by atoms with Crippen molar-refractivity contribution in [1.29, 1.82) is 0 Å². The predicted octanol–water partition coefficient (Wildman–Crippen LogP) is 5.00. The predicted molar refractivity (Wildman–Crippen MR) is 139 cm³/mol. The number of fused-ring (bicyclic) bond motifs is 1. The number of hydrogen-bond donors (Lipinski definition) is 1. The molecule has 2 atom stereocenters. The fraction of sp³-hybridized carbons (Fsp3) is 0.448. The van der Waals surface area contributed by atoms with Crippen LogP contribution in [-0.4, -0.2) is 61.4 Å². The molecule has 1 N–H and O–H groups in total. The maximum Gasteiger partial charge on any atom is 0.253 e. The van der Waals surface area contributed by atoms with Crippen molar-refractivity contribution in [1.82, 2.24) is 9.80 Å². The lowest BCUT2D eigenvalue weighted by atomic mass is 9.90. The van der Waals surface area contributed by atoms with Crippen molar-refractivity contribution in [2.24, 2.45) is 0 Å². The molecule has 2 aromatic rings. The Morgan fingerprint density at radius 3 is 2.34 bits per heavy atom. The summed E-state index contributed by atoms with van der Waals surface area (Å²) in [6, 6.07) is 6.29. The number of carbonyl (C=O) groups excluding carboxylic acids is 2. The van der Waals surface area contributed by atoms with E-state index in [-0.39, 0.29) is 11.6 Å². The number of anilines is 1. The second-order valence-electron chi connectivity index (χ2n) is 10.1. The van der Waals surface area contributed by atoms with Gasteiger partial charge in [0.15, 0.2) is 5.88 Å². The van der Waals surface area contributed by atoms with E-state index >= 15 is 0 Å². The summed E-state index contributed by atoms with van der Waals surface area (Å²) in [6.45, 7) is 5.59. The number of nitrogens with one attached hydrogen (secondary N) is 1. The molecule has 202 valence electrons. The number of amides is 1. The molecule has 0 aliphatic carbocycles. The Kier molecular flexibility index (Phi) is 7.93. The van der Waals surface area contributed by atoms with Gasteiger partial charge in [-0.05, 0) is 50.1 Å². The Hall–Kier alpha value is -3.46. The minimum absolute atomic E-state index is 0.0902. The molecule has 3 aliphatic heterocycles. The number of halogens is 2. The van der Waals surface area contributed by atoms with E-state index in [0.29, 0.717) is 67.7 Å². The zero-order valence-electron chi connectivity index (χ0n) is 21.6. The Morgan fingerprint density at radius 1 is 1.00 bits per heavy atom. The average Bonchev–Trinajstić information content (AvgIpc) is 3.21. The first-order valence-corrected chi connectivity index (χ1v) is 13.3. The van der Waals surface area contributed by atoms with Gasteiger partial charge >= 0.3 is 0 Å². The van der Waals surface area contributed by atoms with Crippen LogP contribution in [0.4, 0.5) is 14.5 Å². The van der Waals surface area contributed by atoms with Gasteiger partial charge in [-0.2, -0.15) is 0 Å². The van der Waals surface area contributed by atoms with Gasteiger partial charge in [0.25, 0.3) is 5.91 Å². The molecule has 0 spiro atoms. The summed E-state index contributed by atoms with van der Waals surface area (Å²) in [5.41, 5.74) is 1.97. The molecule has 0 bridgehead atoms. The number of aldehydes is 1. The molecule has 5 rings (SSSR count). The molecular formula is C29H33F2N3O4. The SMILES string of the molecule is CC(Nc1cc(F)cc(F)c1)c1cc(C(=O)N2CCCCCC2)cc2c1OC(N1CCOCC1)=CC2C=O. The number of hydrogen-bond acceptors (Lipinski definition) is 6. The van der Waals surface area contributed by atoms with E-state index in [1.165, 1.54) is 12.1 Å². The van der Waals surface area contributed by atoms with Crippen molar-refractivity contribution >= 4 is 17.9 Å². The first kappa shape index (κ1) is 26.2. The van der Waals surface area contributed by atoms with Gasteiger partial charge in [-0.3, -0.25) is 4.79 Å². The van der Waals surface area contributed by atoms with Crippen LogP contribution >= 0.6 is 0 Å². The van der Waals surface area contributed by atoms with Crippen LogP contribution in [0.5, 0.6) is 5.75 Å². The van der Waals surface area contributed by atoms with E-state index in [1.807, 2.05) is 16.7 Å². The van der Waals surface area contributed by atoms with Gasteiger partial charge < -0.3 is 29.4 Å². The highest BCUT2D eigenvalue weighted by Gasteiger charge is 2.31. The summed E-state index contributed by atoms with van der Waals surface area (Å²) in [5.74, 6) is -1.04. The van der Waals surface area contributed by atoms with Gasteiger partial charge in [-0.15, -0.1) is 0 Å². The average molecular weight is 526 g/mol. The molecule has 3 aliphatic rings. The van der Waals surface area contributed by atoms with Crippen LogP contribution < -0.4 is 10.1 Å². The van der Waals surface area contributed by atoms with Crippen LogP contribution in [0.15, 0.2) is 42.3 Å². The van der Waals surface area contributed by atoms with Crippen molar-refractivity contribution < 1.29 is 27.8 Å². The van der Waals surface area contributed by atoms with Crippen molar-refractivity contribution in [3.63, 3.8) is 0 Å². The standard InChI is InChI=1S/C29H33F2N3O4/c1-19(32-24-16-22(30)15-23(31)17-24)25-12-20(29(36)34-6-4-2-3-5-7-34)13-26-21(18-35)14-27(38-28(25)26)33-8-10-37-11-9-33/h12-19,21,32H,2-11H2,1H3. The van der Waals surface area contributed by atoms with Crippen LogP contribution in [0, 0.1) is 11.6 Å². The topological polar surface area (TPSA) is 71.1 Å². The highest BCUT2D eigenvalue weighted by molar-refractivity contribution is 5.95. The molecule has 9 heteroatoms. The summed E-state index contributed by atoms with van der Waals surface area (Å²) < 4.78 is 39.7. The summed E-state index contributed by atoms with van der Waals surface area (Å²) in [4.78, 5) is 29.8. The number of allylic oxidation sites excluding steroid dienone is 1. The highest BCUT2D eigenvalue weighted by Crippen LogP contribution is 2.42. The van der Waals surface area contributed by atoms with E-state index in [9.17, 15) is 18.4 Å². The quantitative estimate of drug-likeness (QED) is 0.535. The molecule has 2 unspecified atom stereocenters. The molecule has 0 radical (unpaired) electrons. The Bertz CT molecular complexity index is 1200. The van der Waals surface area contributed by atoms with Gasteiger partial charge in [0, 0.05) is 54.6 Å². The second kappa shape index (κ2) is 11.5. The molecule has 1 amide bonds. The zero-order chi connectivity index (χ0) is 26.6. The van der Waals surface area contributed by atoms with Crippen molar-refractivity contribution in [2.75, 3.05) is 44.7 Å². The number of ether oxygens (including phenoxy) is 2. The molecule has 38 heavy (non-hydrogen) atoms. The Labute approximate surface area is 221 Å². The van der Waals surface area contributed by atoms with Gasteiger partial charge in [0.05, 0.1) is 25.2 Å². The first-order valence-electron chi connectivity index (χ1n) is 13.3. The lowest BCUT2D eigenvalue weighted by Gasteiger charge is -2.35. The maximum absolute atomic E-state index is 13.9. The molecular weight excluding hydrogens is 492 g/mol. The van der Waals surface area contributed by atoms with Gasteiger partial charge in [0.2, 0.25) is 0 Å². The molecule has 2 saturated heterocycles. The monoisotopic (exact) mass is 525 g/mol. The minimum Gasteiger partial charge on any atom is -0.441 e. The summed E-state index contributed by atoms with van der Waals surface area (Å²) in [6.07, 6.45) is 6.74. The summed E-state index contributed by atoms with van der Waals surface area (Å²) in [5, 5.41) is 3.15. The van der Waals surface area contributed by atoms with E-state index in [0.717, 1.165) is 38.0 Å². The lowest BCUT2D eigenvalue weighted by Crippen LogP contribution is -2.38. The van der Waals surface area contributed by atoms with Crippen LogP contribution in [0.3, 0.4) is 0 Å².